The molecule has 0 aromatic carbocycles. The van der Waals surface area contributed by atoms with E-state index in [1.54, 1.807) is 0 Å². The molecule has 0 unspecified atom stereocenters. The van der Waals surface area contributed by atoms with E-state index in [1.807, 2.05) is 30.8 Å². The summed E-state index contributed by atoms with van der Waals surface area (Å²) in [6.07, 6.45) is 2.63. The number of hydrogen-bond acceptors (Lipinski definition) is 8. The molecule has 1 aliphatic carbocycles. The first kappa shape index (κ1) is 26.4. The Balaban J connectivity index is 1.48. The molecule has 3 rings (SSSR count). The fourth-order valence-corrected chi connectivity index (χ4v) is 4.52. The Morgan fingerprint density at radius 3 is 2.68 bits per heavy atom. The summed E-state index contributed by atoms with van der Waals surface area (Å²) in [5.41, 5.74) is 1.19. The van der Waals surface area contributed by atoms with Crippen LogP contribution in [-0.2, 0) is 21.6 Å². The molecule has 1 saturated carbocycles. The first-order valence-electron chi connectivity index (χ1n) is 12.0. The van der Waals surface area contributed by atoms with Crippen molar-refractivity contribution >= 4 is 28.4 Å². The normalized spacial score (nSPS) is 18.8. The topological polar surface area (TPSA) is 111 Å². The van der Waals surface area contributed by atoms with Crippen molar-refractivity contribution in [2.75, 3.05) is 18.5 Å². The van der Waals surface area contributed by atoms with Crippen LogP contribution in [0, 0.1) is 0 Å². The minimum Gasteiger partial charge on any atom is -0.444 e. The molecule has 1 fully saturated rings. The van der Waals surface area contributed by atoms with E-state index in [2.05, 4.69) is 42.5 Å². The van der Waals surface area contributed by atoms with Crippen molar-refractivity contribution in [2.45, 2.75) is 97.0 Å². The predicted octanol–water partition coefficient (Wildman–Crippen LogP) is 4.90. The molecule has 2 heterocycles. The standard InChI is InChI=1S/C24H39N5O4S/c1-23(2,3)29-20(13-19(28-29)16-8-9-18(30)12-16)27-21-26-17(15-34-21)14-32-11-7-10-25-22(31)33-24(4,5)6/h13,15-16,18,30H,7-12,14H2,1-6H3,(H,25,31)(H,26,27)/t16-,18+/m0/s1. The molecule has 1 aliphatic rings. The van der Waals surface area contributed by atoms with Crippen LogP contribution in [0.25, 0.3) is 0 Å². The molecular weight excluding hydrogens is 454 g/mol. The minimum atomic E-state index is -0.498. The van der Waals surface area contributed by atoms with Gasteiger partial charge in [-0.1, -0.05) is 0 Å². The first-order chi connectivity index (χ1) is 15.9. The van der Waals surface area contributed by atoms with E-state index >= 15 is 0 Å². The van der Waals surface area contributed by atoms with E-state index in [4.69, 9.17) is 14.6 Å². The number of carbonyl (C=O) groups excluding carboxylic acids is 1. The fraction of sp³-hybridized carbons (Fsp3) is 0.708. The Bertz CT molecular complexity index is 944. The number of alkyl carbamates (subject to hydrolysis) is 1. The van der Waals surface area contributed by atoms with Crippen molar-refractivity contribution in [3.05, 3.63) is 22.8 Å². The van der Waals surface area contributed by atoms with Crippen molar-refractivity contribution in [3.63, 3.8) is 0 Å². The number of nitrogens with one attached hydrogen (secondary N) is 2. The van der Waals surface area contributed by atoms with Gasteiger partial charge in [-0.3, -0.25) is 0 Å². The van der Waals surface area contributed by atoms with Gasteiger partial charge < -0.3 is 25.2 Å². The second kappa shape index (κ2) is 11.0. The molecule has 9 nitrogen and oxygen atoms in total. The van der Waals surface area contributed by atoms with Crippen LogP contribution in [0.15, 0.2) is 11.4 Å². The maximum atomic E-state index is 11.6. The summed E-state index contributed by atoms with van der Waals surface area (Å²) in [5, 5.41) is 23.7. The third-order valence-corrected chi connectivity index (χ3v) is 6.16. The zero-order valence-electron chi connectivity index (χ0n) is 21.2. The molecule has 0 spiro atoms. The third kappa shape index (κ3) is 7.95. The Labute approximate surface area is 206 Å². The zero-order chi connectivity index (χ0) is 24.9. The van der Waals surface area contributed by atoms with Gasteiger partial charge in [-0.25, -0.2) is 14.5 Å². The fourth-order valence-electron chi connectivity index (χ4n) is 3.82. The monoisotopic (exact) mass is 493 g/mol. The summed E-state index contributed by atoms with van der Waals surface area (Å²) in [5.74, 6) is 1.20. The van der Waals surface area contributed by atoms with Crippen molar-refractivity contribution in [1.29, 1.82) is 0 Å². The summed E-state index contributed by atoms with van der Waals surface area (Å²) in [7, 11) is 0. The molecule has 2 atom stereocenters. The number of nitrogens with zero attached hydrogens (tertiary/aromatic N) is 3. The number of aromatic nitrogens is 3. The lowest BCUT2D eigenvalue weighted by atomic mass is 10.0. The van der Waals surface area contributed by atoms with Gasteiger partial charge in [-0.2, -0.15) is 5.10 Å². The Kier molecular flexibility index (Phi) is 8.59. The third-order valence-electron chi connectivity index (χ3n) is 5.36. The largest absolute Gasteiger partial charge is 0.444 e. The molecule has 10 heteroatoms. The van der Waals surface area contributed by atoms with Crippen LogP contribution in [0.4, 0.5) is 15.7 Å². The molecule has 1 amide bonds. The average molecular weight is 494 g/mol. The van der Waals surface area contributed by atoms with Gasteiger partial charge in [0.15, 0.2) is 5.13 Å². The summed E-state index contributed by atoms with van der Waals surface area (Å²) in [6, 6.07) is 2.09. The number of aliphatic hydroxyl groups excluding tert-OH is 1. The van der Waals surface area contributed by atoms with E-state index in [0.29, 0.717) is 32.1 Å². The van der Waals surface area contributed by atoms with Gasteiger partial charge in [0.05, 0.1) is 29.6 Å². The van der Waals surface area contributed by atoms with Crippen LogP contribution >= 0.6 is 11.3 Å². The number of hydrogen-bond donors (Lipinski definition) is 3. The minimum absolute atomic E-state index is 0.186. The Hall–Kier alpha value is -2.17. The van der Waals surface area contributed by atoms with Gasteiger partial charge in [-0.05, 0) is 67.2 Å². The number of carbonyl (C=O) groups is 1. The van der Waals surface area contributed by atoms with Gasteiger partial charge in [0, 0.05) is 30.5 Å². The molecular formula is C24H39N5O4S. The van der Waals surface area contributed by atoms with Gasteiger partial charge in [0.1, 0.15) is 11.4 Å². The highest BCUT2D eigenvalue weighted by Gasteiger charge is 2.29. The molecule has 34 heavy (non-hydrogen) atoms. The number of amides is 1. The second-order valence-corrected chi connectivity index (χ2v) is 11.7. The van der Waals surface area contributed by atoms with Gasteiger partial charge in [0.25, 0.3) is 0 Å². The summed E-state index contributed by atoms with van der Waals surface area (Å²) < 4.78 is 12.9. The quantitative estimate of drug-likeness (QED) is 0.426. The summed E-state index contributed by atoms with van der Waals surface area (Å²) >= 11 is 1.53. The predicted molar refractivity (Wildman–Crippen MR) is 134 cm³/mol. The van der Waals surface area contributed by atoms with Crippen LogP contribution in [0.3, 0.4) is 0 Å². The maximum Gasteiger partial charge on any atom is 0.407 e. The van der Waals surface area contributed by atoms with E-state index < -0.39 is 11.7 Å². The highest BCUT2D eigenvalue weighted by atomic mass is 32.1. The molecule has 0 bridgehead atoms. The lowest BCUT2D eigenvalue weighted by Crippen LogP contribution is -2.33. The summed E-state index contributed by atoms with van der Waals surface area (Å²) in [6.45, 7) is 13.3. The average Bonchev–Trinajstić information content (AvgIpc) is 3.43. The number of thiazole rings is 1. The lowest BCUT2D eigenvalue weighted by Gasteiger charge is -2.22. The van der Waals surface area contributed by atoms with Crippen LogP contribution in [0.2, 0.25) is 0 Å². The Morgan fingerprint density at radius 2 is 2.03 bits per heavy atom. The highest BCUT2D eigenvalue weighted by Crippen LogP contribution is 2.36. The van der Waals surface area contributed by atoms with Crippen LogP contribution in [0.5, 0.6) is 0 Å². The van der Waals surface area contributed by atoms with Crippen molar-refractivity contribution < 1.29 is 19.4 Å². The van der Waals surface area contributed by atoms with Crippen molar-refractivity contribution in [2.24, 2.45) is 0 Å². The van der Waals surface area contributed by atoms with E-state index in [0.717, 1.165) is 41.6 Å². The van der Waals surface area contributed by atoms with Crippen molar-refractivity contribution in [3.8, 4) is 0 Å². The number of aliphatic hydroxyl groups is 1. The van der Waals surface area contributed by atoms with Crippen molar-refractivity contribution in [1.82, 2.24) is 20.1 Å². The van der Waals surface area contributed by atoms with Crippen LogP contribution in [0.1, 0.15) is 84.5 Å². The van der Waals surface area contributed by atoms with E-state index in [-0.39, 0.29) is 11.6 Å². The van der Waals surface area contributed by atoms with Gasteiger partial charge in [-0.15, -0.1) is 11.3 Å². The smallest absolute Gasteiger partial charge is 0.407 e. The van der Waals surface area contributed by atoms with Gasteiger partial charge in [0.2, 0.25) is 0 Å². The van der Waals surface area contributed by atoms with Crippen LogP contribution < -0.4 is 10.6 Å². The number of rotatable bonds is 9. The van der Waals surface area contributed by atoms with Gasteiger partial charge >= 0.3 is 6.09 Å². The zero-order valence-corrected chi connectivity index (χ0v) is 22.0. The Morgan fingerprint density at radius 1 is 1.26 bits per heavy atom. The molecule has 190 valence electrons. The second-order valence-electron chi connectivity index (χ2n) is 10.8. The van der Waals surface area contributed by atoms with E-state index in [1.165, 1.54) is 11.3 Å². The SMILES string of the molecule is CC(C)(C)OC(=O)NCCCOCc1csc(Nc2cc([C@H]3CC[C@@H](O)C3)nn2C(C)(C)C)n1. The molecule has 2 aromatic heterocycles. The highest BCUT2D eigenvalue weighted by molar-refractivity contribution is 7.13. The first-order valence-corrected chi connectivity index (χ1v) is 12.8. The molecule has 0 saturated heterocycles. The number of anilines is 2. The van der Waals surface area contributed by atoms with E-state index in [9.17, 15) is 9.90 Å². The lowest BCUT2D eigenvalue weighted by molar-refractivity contribution is 0.0517. The maximum absolute atomic E-state index is 11.6. The molecule has 0 radical (unpaired) electrons. The molecule has 2 aromatic rings. The number of ether oxygens (including phenoxy) is 2. The molecule has 3 N–H and O–H groups in total. The van der Waals surface area contributed by atoms with Crippen LogP contribution in [-0.4, -0.2) is 50.8 Å². The summed E-state index contributed by atoms with van der Waals surface area (Å²) in [4.78, 5) is 16.3. The molecule has 0 aliphatic heterocycles.